The van der Waals surface area contributed by atoms with Gasteiger partial charge in [0.05, 0.1) is 13.7 Å². The maximum atomic E-state index is 11.3. The van der Waals surface area contributed by atoms with E-state index in [9.17, 15) is 4.79 Å². The van der Waals surface area contributed by atoms with Crippen LogP contribution in [0.5, 0.6) is 5.75 Å². The largest absolute Gasteiger partial charge is 0.497 e. The highest BCUT2D eigenvalue weighted by Crippen LogP contribution is 2.11. The Kier molecular flexibility index (Phi) is 6.83. The predicted octanol–water partition coefficient (Wildman–Crippen LogP) is 0.329. The van der Waals surface area contributed by atoms with Crippen molar-refractivity contribution in [3.05, 3.63) is 29.8 Å². The molecule has 3 N–H and O–H groups in total. The molecule has 0 saturated heterocycles. The van der Waals surface area contributed by atoms with Gasteiger partial charge in [0, 0.05) is 13.1 Å². The second-order valence-corrected chi connectivity index (χ2v) is 3.79. The highest BCUT2D eigenvalue weighted by atomic mass is 16.5. The predicted molar refractivity (Wildman–Crippen MR) is 69.6 cm³/mol. The van der Waals surface area contributed by atoms with Crippen molar-refractivity contribution in [2.75, 3.05) is 33.4 Å². The summed E-state index contributed by atoms with van der Waals surface area (Å²) in [7, 11) is 1.64. The molecule has 0 aliphatic rings. The van der Waals surface area contributed by atoms with E-state index >= 15 is 0 Å². The third-order valence-electron chi connectivity index (χ3n) is 2.39. The topological polar surface area (TPSA) is 73.6 Å². The molecule has 0 unspecified atom stereocenters. The molecular weight excluding hydrogens is 232 g/mol. The van der Waals surface area contributed by atoms with Crippen molar-refractivity contribution in [3.8, 4) is 5.75 Å². The lowest BCUT2D eigenvalue weighted by atomic mass is 10.1. The molecule has 0 fully saturated rings. The summed E-state index contributed by atoms with van der Waals surface area (Å²) in [6, 6.07) is 7.77. The minimum Gasteiger partial charge on any atom is -0.497 e. The third-order valence-corrected chi connectivity index (χ3v) is 2.39. The Morgan fingerprint density at radius 2 is 2.06 bits per heavy atom. The van der Waals surface area contributed by atoms with Gasteiger partial charge < -0.3 is 20.5 Å². The number of carbonyl (C=O) groups excluding carboxylic acids is 1. The molecule has 100 valence electrons. The van der Waals surface area contributed by atoms with Crippen LogP contribution in [0.2, 0.25) is 0 Å². The summed E-state index contributed by atoms with van der Waals surface area (Å²) in [6.45, 7) is 1.50. The normalized spacial score (nSPS) is 10.1. The van der Waals surface area contributed by atoms with Gasteiger partial charge in [0.15, 0.2) is 0 Å². The van der Waals surface area contributed by atoms with Crippen LogP contribution < -0.4 is 15.8 Å². The van der Waals surface area contributed by atoms with Gasteiger partial charge in [0.25, 0.3) is 0 Å². The first-order valence-electron chi connectivity index (χ1n) is 5.93. The summed E-state index contributed by atoms with van der Waals surface area (Å²) in [5, 5.41) is 2.78. The quantitative estimate of drug-likeness (QED) is 0.654. The molecule has 0 atom stereocenters. The molecule has 0 aliphatic heterocycles. The molecule has 1 rings (SSSR count). The standard InChI is InChI=1S/C13H20N2O3/c1-17-12-4-2-11(3-5-12)6-8-15-13(16)10-18-9-7-14/h2-5H,6-10,14H2,1H3,(H,15,16). The fraction of sp³-hybridized carbons (Fsp3) is 0.462. The summed E-state index contributed by atoms with van der Waals surface area (Å²) >= 11 is 0. The first-order chi connectivity index (χ1) is 8.76. The lowest BCUT2D eigenvalue weighted by Gasteiger charge is -2.06. The minimum absolute atomic E-state index is 0.0693. The Hall–Kier alpha value is -1.59. The molecule has 0 radical (unpaired) electrons. The first kappa shape index (κ1) is 14.5. The zero-order valence-corrected chi connectivity index (χ0v) is 10.6. The van der Waals surface area contributed by atoms with Crippen molar-refractivity contribution in [3.63, 3.8) is 0 Å². The summed E-state index contributed by atoms with van der Waals surface area (Å²) < 4.78 is 10.1. The summed E-state index contributed by atoms with van der Waals surface area (Å²) in [5.41, 5.74) is 6.40. The van der Waals surface area contributed by atoms with Crippen molar-refractivity contribution >= 4 is 5.91 Å². The number of rotatable bonds is 8. The van der Waals surface area contributed by atoms with Crippen molar-refractivity contribution in [2.24, 2.45) is 5.73 Å². The maximum absolute atomic E-state index is 11.3. The first-order valence-corrected chi connectivity index (χ1v) is 5.93. The van der Waals surface area contributed by atoms with Crippen LogP contribution in [0.4, 0.5) is 0 Å². The molecule has 0 aromatic heterocycles. The second-order valence-electron chi connectivity index (χ2n) is 3.79. The van der Waals surface area contributed by atoms with Crippen LogP contribution in [0.15, 0.2) is 24.3 Å². The van der Waals surface area contributed by atoms with E-state index in [1.54, 1.807) is 7.11 Å². The number of methoxy groups -OCH3 is 1. The van der Waals surface area contributed by atoms with Gasteiger partial charge in [-0.1, -0.05) is 12.1 Å². The number of nitrogens with one attached hydrogen (secondary N) is 1. The van der Waals surface area contributed by atoms with Crippen LogP contribution in [0.25, 0.3) is 0 Å². The van der Waals surface area contributed by atoms with Gasteiger partial charge in [0.1, 0.15) is 12.4 Å². The van der Waals surface area contributed by atoms with E-state index in [2.05, 4.69) is 5.32 Å². The molecule has 0 bridgehead atoms. The Bertz CT molecular complexity index is 352. The Labute approximate surface area is 107 Å². The van der Waals surface area contributed by atoms with Crippen LogP contribution in [-0.2, 0) is 16.0 Å². The Morgan fingerprint density at radius 1 is 1.33 bits per heavy atom. The summed E-state index contributed by atoms with van der Waals surface area (Å²) in [4.78, 5) is 11.3. The zero-order valence-electron chi connectivity index (χ0n) is 10.6. The van der Waals surface area contributed by atoms with Crippen LogP contribution >= 0.6 is 0 Å². The maximum Gasteiger partial charge on any atom is 0.246 e. The minimum atomic E-state index is -0.114. The molecule has 5 heteroatoms. The van der Waals surface area contributed by atoms with Crippen LogP contribution in [0, 0.1) is 0 Å². The van der Waals surface area contributed by atoms with Gasteiger partial charge in [-0.3, -0.25) is 4.79 Å². The lowest BCUT2D eigenvalue weighted by Crippen LogP contribution is -2.30. The molecule has 5 nitrogen and oxygen atoms in total. The smallest absolute Gasteiger partial charge is 0.246 e. The van der Waals surface area contributed by atoms with Crippen molar-refractivity contribution in [1.29, 1.82) is 0 Å². The van der Waals surface area contributed by atoms with Gasteiger partial charge >= 0.3 is 0 Å². The van der Waals surface area contributed by atoms with Gasteiger partial charge in [-0.25, -0.2) is 0 Å². The Morgan fingerprint density at radius 3 is 2.67 bits per heavy atom. The number of benzene rings is 1. The van der Waals surface area contributed by atoms with Gasteiger partial charge in [-0.05, 0) is 24.1 Å². The number of hydrogen-bond donors (Lipinski definition) is 2. The number of nitrogens with two attached hydrogens (primary N) is 1. The van der Waals surface area contributed by atoms with Gasteiger partial charge in [0.2, 0.25) is 5.91 Å². The van der Waals surface area contributed by atoms with E-state index in [0.717, 1.165) is 17.7 Å². The van der Waals surface area contributed by atoms with Crippen molar-refractivity contribution in [1.82, 2.24) is 5.32 Å². The fourth-order valence-electron chi connectivity index (χ4n) is 1.44. The number of hydrogen-bond acceptors (Lipinski definition) is 4. The van der Waals surface area contributed by atoms with E-state index in [1.807, 2.05) is 24.3 Å². The average Bonchev–Trinajstić information content (AvgIpc) is 2.40. The van der Waals surface area contributed by atoms with Gasteiger partial charge in [-0.15, -0.1) is 0 Å². The molecule has 1 amide bonds. The monoisotopic (exact) mass is 252 g/mol. The summed E-state index contributed by atoms with van der Waals surface area (Å²) in [6.07, 6.45) is 0.784. The van der Waals surface area contributed by atoms with Crippen LogP contribution in [0.3, 0.4) is 0 Å². The van der Waals surface area contributed by atoms with E-state index < -0.39 is 0 Å². The molecular formula is C13H20N2O3. The van der Waals surface area contributed by atoms with Crippen LogP contribution in [-0.4, -0.2) is 39.3 Å². The molecule has 0 heterocycles. The lowest BCUT2D eigenvalue weighted by molar-refractivity contribution is -0.125. The molecule has 0 saturated carbocycles. The van der Waals surface area contributed by atoms with Gasteiger partial charge in [-0.2, -0.15) is 0 Å². The van der Waals surface area contributed by atoms with E-state index in [0.29, 0.717) is 19.7 Å². The molecule has 1 aromatic carbocycles. The third kappa shape index (κ3) is 5.65. The average molecular weight is 252 g/mol. The van der Waals surface area contributed by atoms with E-state index in [4.69, 9.17) is 15.2 Å². The molecule has 0 aliphatic carbocycles. The second kappa shape index (κ2) is 8.49. The number of carbonyl (C=O) groups is 1. The molecule has 0 spiro atoms. The fourth-order valence-corrected chi connectivity index (χ4v) is 1.44. The van der Waals surface area contributed by atoms with E-state index in [-0.39, 0.29) is 12.5 Å². The number of amides is 1. The van der Waals surface area contributed by atoms with Crippen molar-refractivity contribution in [2.45, 2.75) is 6.42 Å². The number of ether oxygens (including phenoxy) is 2. The summed E-state index contributed by atoms with van der Waals surface area (Å²) in [5.74, 6) is 0.718. The van der Waals surface area contributed by atoms with E-state index in [1.165, 1.54) is 0 Å². The SMILES string of the molecule is COc1ccc(CCNC(=O)COCCN)cc1. The molecule has 1 aromatic rings. The molecule has 18 heavy (non-hydrogen) atoms. The zero-order chi connectivity index (χ0) is 13.2. The highest BCUT2D eigenvalue weighted by molar-refractivity contribution is 5.77. The van der Waals surface area contributed by atoms with Crippen LogP contribution in [0.1, 0.15) is 5.56 Å². The Balaban J connectivity index is 2.18. The van der Waals surface area contributed by atoms with Crippen molar-refractivity contribution < 1.29 is 14.3 Å². The highest BCUT2D eigenvalue weighted by Gasteiger charge is 2.00.